The summed E-state index contributed by atoms with van der Waals surface area (Å²) in [4.78, 5) is 2.46. The summed E-state index contributed by atoms with van der Waals surface area (Å²) < 4.78 is 0. The van der Waals surface area contributed by atoms with Crippen LogP contribution in [0.15, 0.2) is 24.3 Å². The van der Waals surface area contributed by atoms with E-state index in [1.807, 2.05) is 6.92 Å². The van der Waals surface area contributed by atoms with Crippen molar-refractivity contribution in [3.05, 3.63) is 35.4 Å². The number of hydrogen-bond donors (Lipinski definition) is 2. The smallest absolute Gasteiger partial charge is 0.0611 e. The second kappa shape index (κ2) is 5.83. The Hall–Kier alpha value is -0.900. The number of nitrogens with zero attached hydrogens (tertiary/aromatic N) is 1. The predicted octanol–water partition coefficient (Wildman–Crippen LogP) is 1.88. The zero-order valence-electron chi connectivity index (χ0n) is 11.2. The van der Waals surface area contributed by atoms with Gasteiger partial charge in [-0.2, -0.15) is 0 Å². The van der Waals surface area contributed by atoms with E-state index in [0.29, 0.717) is 0 Å². The molecule has 0 fully saturated rings. The molecule has 0 aliphatic carbocycles. The van der Waals surface area contributed by atoms with Gasteiger partial charge in [-0.1, -0.05) is 31.2 Å². The summed E-state index contributed by atoms with van der Waals surface area (Å²) in [6.45, 7) is 5.30. The lowest BCUT2D eigenvalue weighted by atomic mass is 9.92. The van der Waals surface area contributed by atoms with Crippen molar-refractivity contribution in [3.8, 4) is 0 Å². The number of rotatable bonds is 6. The van der Waals surface area contributed by atoms with Gasteiger partial charge in [-0.05, 0) is 36.9 Å². The normalized spacial score (nSPS) is 18.6. The van der Waals surface area contributed by atoms with Crippen molar-refractivity contribution >= 4 is 0 Å². The summed E-state index contributed by atoms with van der Waals surface area (Å²) >= 11 is 0. The molecule has 0 bridgehead atoms. The lowest BCUT2D eigenvalue weighted by Gasteiger charge is -2.26. The van der Waals surface area contributed by atoms with E-state index in [9.17, 15) is 5.11 Å². The number of aliphatic hydroxyl groups excluding tert-OH is 1. The summed E-state index contributed by atoms with van der Waals surface area (Å²) in [5, 5.41) is 9.28. The molecule has 1 heterocycles. The predicted molar refractivity (Wildman–Crippen MR) is 74.1 cm³/mol. The number of benzene rings is 1. The molecule has 1 unspecified atom stereocenters. The highest BCUT2D eigenvalue weighted by Crippen LogP contribution is 2.23. The van der Waals surface area contributed by atoms with Crippen LogP contribution in [0.1, 0.15) is 37.3 Å². The van der Waals surface area contributed by atoms with E-state index in [4.69, 9.17) is 5.73 Å². The summed E-state index contributed by atoms with van der Waals surface area (Å²) in [7, 11) is 0. The molecule has 3 heteroatoms. The fourth-order valence-corrected chi connectivity index (χ4v) is 2.58. The maximum absolute atomic E-state index is 9.28. The van der Waals surface area contributed by atoms with Crippen LogP contribution in [0.3, 0.4) is 0 Å². The van der Waals surface area contributed by atoms with Crippen LogP contribution in [0.25, 0.3) is 0 Å². The minimum Gasteiger partial charge on any atom is -0.394 e. The quantitative estimate of drug-likeness (QED) is 0.808. The SMILES string of the molecule is CCC(N)(CO)CCCN1Cc2ccccc2C1. The van der Waals surface area contributed by atoms with Crippen molar-refractivity contribution in [2.45, 2.75) is 44.8 Å². The van der Waals surface area contributed by atoms with Gasteiger partial charge in [-0.15, -0.1) is 0 Å². The Morgan fingerprint density at radius 1 is 1.28 bits per heavy atom. The Morgan fingerprint density at radius 3 is 2.39 bits per heavy atom. The minimum atomic E-state index is -0.382. The van der Waals surface area contributed by atoms with E-state index in [1.54, 1.807) is 0 Å². The third kappa shape index (κ3) is 3.10. The first-order valence-electron chi connectivity index (χ1n) is 6.86. The van der Waals surface area contributed by atoms with Crippen LogP contribution in [-0.2, 0) is 13.1 Å². The third-order valence-electron chi connectivity index (χ3n) is 4.07. The van der Waals surface area contributed by atoms with E-state index in [-0.39, 0.29) is 12.1 Å². The maximum Gasteiger partial charge on any atom is 0.0611 e. The Morgan fingerprint density at radius 2 is 1.89 bits per heavy atom. The van der Waals surface area contributed by atoms with Gasteiger partial charge in [0.05, 0.1) is 6.61 Å². The lowest BCUT2D eigenvalue weighted by molar-refractivity contribution is 0.171. The van der Waals surface area contributed by atoms with Crippen molar-refractivity contribution in [2.24, 2.45) is 5.73 Å². The molecular weight excluding hydrogens is 224 g/mol. The molecule has 0 saturated heterocycles. The minimum absolute atomic E-state index is 0.0870. The van der Waals surface area contributed by atoms with Crippen molar-refractivity contribution in [1.29, 1.82) is 0 Å². The van der Waals surface area contributed by atoms with Gasteiger partial charge in [-0.25, -0.2) is 0 Å². The van der Waals surface area contributed by atoms with Gasteiger partial charge >= 0.3 is 0 Å². The highest BCUT2D eigenvalue weighted by atomic mass is 16.3. The van der Waals surface area contributed by atoms with Crippen LogP contribution in [0, 0.1) is 0 Å². The maximum atomic E-state index is 9.28. The second-order valence-electron chi connectivity index (χ2n) is 5.46. The average Bonchev–Trinajstić information content (AvgIpc) is 2.81. The fourth-order valence-electron chi connectivity index (χ4n) is 2.58. The molecule has 0 aromatic heterocycles. The third-order valence-corrected chi connectivity index (χ3v) is 4.07. The molecule has 2 rings (SSSR count). The number of aliphatic hydroxyl groups is 1. The van der Waals surface area contributed by atoms with Gasteiger partial charge in [-0.3, -0.25) is 4.90 Å². The van der Waals surface area contributed by atoms with Crippen LogP contribution in [0.4, 0.5) is 0 Å². The first-order valence-corrected chi connectivity index (χ1v) is 6.86. The van der Waals surface area contributed by atoms with E-state index in [2.05, 4.69) is 29.2 Å². The van der Waals surface area contributed by atoms with E-state index in [0.717, 1.165) is 38.9 Å². The zero-order chi connectivity index (χ0) is 13.0. The molecule has 100 valence electrons. The second-order valence-corrected chi connectivity index (χ2v) is 5.46. The Kier molecular flexibility index (Phi) is 4.38. The summed E-state index contributed by atoms with van der Waals surface area (Å²) in [6.07, 6.45) is 2.79. The van der Waals surface area contributed by atoms with Crippen molar-refractivity contribution in [2.75, 3.05) is 13.2 Å². The molecule has 1 atom stereocenters. The summed E-state index contributed by atoms with van der Waals surface area (Å²) in [6, 6.07) is 8.64. The van der Waals surface area contributed by atoms with E-state index in [1.165, 1.54) is 11.1 Å². The molecule has 1 aromatic rings. The Labute approximate surface area is 110 Å². The molecule has 0 amide bonds. The average molecular weight is 248 g/mol. The van der Waals surface area contributed by atoms with Crippen LogP contribution in [-0.4, -0.2) is 28.7 Å². The molecule has 0 saturated carbocycles. The zero-order valence-corrected chi connectivity index (χ0v) is 11.2. The fraction of sp³-hybridized carbons (Fsp3) is 0.600. The molecule has 3 N–H and O–H groups in total. The van der Waals surface area contributed by atoms with Crippen molar-refractivity contribution < 1.29 is 5.11 Å². The molecular formula is C15H24N2O. The molecule has 1 aliphatic heterocycles. The Balaban J connectivity index is 1.77. The number of nitrogens with two attached hydrogens (primary N) is 1. The number of hydrogen-bond acceptors (Lipinski definition) is 3. The molecule has 3 nitrogen and oxygen atoms in total. The monoisotopic (exact) mass is 248 g/mol. The van der Waals surface area contributed by atoms with E-state index >= 15 is 0 Å². The summed E-state index contributed by atoms with van der Waals surface area (Å²) in [5.74, 6) is 0. The van der Waals surface area contributed by atoms with Gasteiger partial charge in [0.2, 0.25) is 0 Å². The van der Waals surface area contributed by atoms with Gasteiger partial charge < -0.3 is 10.8 Å². The first-order chi connectivity index (χ1) is 8.67. The number of fused-ring (bicyclic) bond motifs is 1. The molecule has 1 aliphatic rings. The van der Waals surface area contributed by atoms with E-state index < -0.39 is 0 Å². The van der Waals surface area contributed by atoms with Crippen LogP contribution in [0.2, 0.25) is 0 Å². The standard InChI is InChI=1S/C15H24N2O/c1-2-15(16,12-18)8-5-9-17-10-13-6-3-4-7-14(13)11-17/h3-4,6-7,18H,2,5,8-12,16H2,1H3. The largest absolute Gasteiger partial charge is 0.394 e. The van der Waals surface area contributed by atoms with Crippen LogP contribution < -0.4 is 5.73 Å². The van der Waals surface area contributed by atoms with Crippen LogP contribution >= 0.6 is 0 Å². The topological polar surface area (TPSA) is 49.5 Å². The summed E-state index contributed by atoms with van der Waals surface area (Å²) in [5.41, 5.74) is 8.62. The lowest BCUT2D eigenvalue weighted by Crippen LogP contribution is -2.43. The Bertz CT molecular complexity index is 363. The first kappa shape index (κ1) is 13.5. The molecule has 0 spiro atoms. The van der Waals surface area contributed by atoms with Gasteiger partial charge in [0, 0.05) is 18.6 Å². The van der Waals surface area contributed by atoms with Gasteiger partial charge in [0.25, 0.3) is 0 Å². The molecule has 18 heavy (non-hydrogen) atoms. The molecule has 0 radical (unpaired) electrons. The highest BCUT2D eigenvalue weighted by molar-refractivity contribution is 5.30. The van der Waals surface area contributed by atoms with Gasteiger partial charge in [0.1, 0.15) is 0 Å². The highest BCUT2D eigenvalue weighted by Gasteiger charge is 2.22. The van der Waals surface area contributed by atoms with Gasteiger partial charge in [0.15, 0.2) is 0 Å². The van der Waals surface area contributed by atoms with Crippen LogP contribution in [0.5, 0.6) is 0 Å². The van der Waals surface area contributed by atoms with Crippen molar-refractivity contribution in [1.82, 2.24) is 4.90 Å². The molecule has 1 aromatic carbocycles. The van der Waals surface area contributed by atoms with Crippen molar-refractivity contribution in [3.63, 3.8) is 0 Å².